The minimum atomic E-state index is -0.419. The average Bonchev–Trinajstić information content (AvgIpc) is 2.68. The Balaban J connectivity index is 1.77. The number of carbonyl (C=O) groups excluding carboxylic acids is 2. The number of ether oxygens (including phenoxy) is 1. The van der Waals surface area contributed by atoms with E-state index in [9.17, 15) is 9.59 Å². The van der Waals surface area contributed by atoms with Crippen LogP contribution >= 0.6 is 0 Å². The van der Waals surface area contributed by atoms with Gasteiger partial charge >= 0.3 is 0 Å². The summed E-state index contributed by atoms with van der Waals surface area (Å²) >= 11 is 0. The molecule has 2 amide bonds. The normalized spacial score (nSPS) is 24.2. The maximum Gasteiger partial charge on any atom is 0.246 e. The van der Waals surface area contributed by atoms with Gasteiger partial charge in [0.25, 0.3) is 0 Å². The van der Waals surface area contributed by atoms with E-state index in [0.717, 1.165) is 31.5 Å². The highest BCUT2D eigenvalue weighted by Gasteiger charge is 2.39. The second-order valence-electron chi connectivity index (χ2n) is 7.22. The van der Waals surface area contributed by atoms with Crippen molar-refractivity contribution < 1.29 is 14.3 Å². The molecule has 2 aliphatic rings. The Morgan fingerprint density at radius 3 is 2.73 bits per heavy atom. The zero-order valence-corrected chi connectivity index (χ0v) is 15.5. The second kappa shape index (κ2) is 9.14. The van der Waals surface area contributed by atoms with E-state index in [2.05, 4.69) is 5.32 Å². The Bertz CT molecular complexity index is 602. The number of nitrogens with zero attached hydrogens (tertiary/aromatic N) is 2. The number of carbonyl (C=O) groups is 2. The van der Waals surface area contributed by atoms with Gasteiger partial charge in [-0.2, -0.15) is 0 Å². The van der Waals surface area contributed by atoms with Gasteiger partial charge in [0.15, 0.2) is 0 Å². The summed E-state index contributed by atoms with van der Waals surface area (Å²) in [6.45, 7) is 3.70. The van der Waals surface area contributed by atoms with Crippen LogP contribution in [0.15, 0.2) is 30.3 Å². The molecule has 1 aromatic rings. The highest BCUT2D eigenvalue weighted by Crippen LogP contribution is 2.21. The van der Waals surface area contributed by atoms with Crippen LogP contribution in [-0.2, 0) is 20.7 Å². The van der Waals surface area contributed by atoms with Gasteiger partial charge in [-0.15, -0.1) is 0 Å². The summed E-state index contributed by atoms with van der Waals surface area (Å²) in [5.41, 5.74) is 1.08. The Labute approximate surface area is 155 Å². The molecular weight excluding hydrogens is 330 g/mol. The van der Waals surface area contributed by atoms with Gasteiger partial charge in [0, 0.05) is 26.6 Å². The summed E-state index contributed by atoms with van der Waals surface area (Å²) in [5.74, 6) is 0.505. The van der Waals surface area contributed by atoms with Crippen LogP contribution in [0.3, 0.4) is 0 Å². The second-order valence-corrected chi connectivity index (χ2v) is 7.22. The van der Waals surface area contributed by atoms with Crippen molar-refractivity contribution in [1.29, 1.82) is 0 Å². The molecular formula is C20H29N3O3. The monoisotopic (exact) mass is 359 g/mol. The molecule has 1 N–H and O–H groups in total. The first-order valence-corrected chi connectivity index (χ1v) is 9.51. The molecule has 0 unspecified atom stereocenters. The van der Waals surface area contributed by atoms with Crippen molar-refractivity contribution >= 4 is 11.8 Å². The molecule has 2 fully saturated rings. The number of hydrogen-bond donors (Lipinski definition) is 1. The van der Waals surface area contributed by atoms with Gasteiger partial charge in [0.05, 0.1) is 13.2 Å². The van der Waals surface area contributed by atoms with Gasteiger partial charge in [0.2, 0.25) is 11.8 Å². The van der Waals surface area contributed by atoms with Crippen LogP contribution in [0.2, 0.25) is 0 Å². The van der Waals surface area contributed by atoms with E-state index in [0.29, 0.717) is 32.0 Å². The lowest BCUT2D eigenvalue weighted by atomic mass is 9.95. The van der Waals surface area contributed by atoms with Crippen LogP contribution in [0.5, 0.6) is 0 Å². The number of nitrogens with one attached hydrogen (secondary N) is 1. The molecule has 0 spiro atoms. The quantitative estimate of drug-likeness (QED) is 0.786. The van der Waals surface area contributed by atoms with Crippen LogP contribution in [-0.4, -0.2) is 74.1 Å². The number of amides is 2. The summed E-state index contributed by atoms with van der Waals surface area (Å²) in [5, 5.41) is 3.40. The molecule has 2 aliphatic heterocycles. The molecule has 142 valence electrons. The largest absolute Gasteiger partial charge is 0.383 e. The molecule has 1 aromatic carbocycles. The van der Waals surface area contributed by atoms with Crippen molar-refractivity contribution in [3.8, 4) is 0 Å². The molecule has 6 nitrogen and oxygen atoms in total. The van der Waals surface area contributed by atoms with Gasteiger partial charge in [-0.1, -0.05) is 30.3 Å². The Hall–Kier alpha value is -1.92. The van der Waals surface area contributed by atoms with E-state index < -0.39 is 6.04 Å². The van der Waals surface area contributed by atoms with Gasteiger partial charge in [0.1, 0.15) is 6.04 Å². The van der Waals surface area contributed by atoms with Crippen LogP contribution in [0.25, 0.3) is 0 Å². The van der Waals surface area contributed by atoms with Gasteiger partial charge < -0.3 is 19.9 Å². The molecule has 0 radical (unpaired) electrons. The van der Waals surface area contributed by atoms with Crippen molar-refractivity contribution in [1.82, 2.24) is 15.1 Å². The molecule has 3 rings (SSSR count). The number of hydrogen-bond acceptors (Lipinski definition) is 4. The Morgan fingerprint density at radius 2 is 2.04 bits per heavy atom. The minimum Gasteiger partial charge on any atom is -0.383 e. The fraction of sp³-hybridized carbons (Fsp3) is 0.600. The lowest BCUT2D eigenvalue weighted by Crippen LogP contribution is -2.62. The topological polar surface area (TPSA) is 61.9 Å². The number of rotatable bonds is 7. The summed E-state index contributed by atoms with van der Waals surface area (Å²) in [6.07, 6.45) is 2.80. The third-order valence-corrected chi connectivity index (χ3v) is 5.31. The molecule has 0 bridgehead atoms. The fourth-order valence-electron chi connectivity index (χ4n) is 3.86. The van der Waals surface area contributed by atoms with Crippen LogP contribution in [0, 0.1) is 5.92 Å². The Kier molecular flexibility index (Phi) is 6.63. The van der Waals surface area contributed by atoms with Crippen molar-refractivity contribution in [2.45, 2.75) is 25.3 Å². The average molecular weight is 359 g/mol. The summed E-state index contributed by atoms with van der Waals surface area (Å²) in [6, 6.07) is 9.54. The summed E-state index contributed by atoms with van der Waals surface area (Å²) in [4.78, 5) is 29.4. The number of methoxy groups -OCH3 is 1. The van der Waals surface area contributed by atoms with Crippen molar-refractivity contribution in [2.24, 2.45) is 5.92 Å². The Morgan fingerprint density at radius 1 is 1.23 bits per heavy atom. The maximum atomic E-state index is 13.1. The molecule has 0 aliphatic carbocycles. The minimum absolute atomic E-state index is 0.0364. The fourth-order valence-corrected chi connectivity index (χ4v) is 3.86. The van der Waals surface area contributed by atoms with E-state index >= 15 is 0 Å². The first-order chi connectivity index (χ1) is 12.7. The lowest BCUT2D eigenvalue weighted by Gasteiger charge is -2.42. The van der Waals surface area contributed by atoms with E-state index in [1.807, 2.05) is 35.2 Å². The molecule has 2 saturated heterocycles. The van der Waals surface area contributed by atoms with Gasteiger partial charge in [-0.05, 0) is 37.4 Å². The van der Waals surface area contributed by atoms with Crippen molar-refractivity contribution in [2.75, 3.05) is 46.4 Å². The molecule has 2 atom stereocenters. The zero-order valence-electron chi connectivity index (χ0n) is 15.5. The van der Waals surface area contributed by atoms with Crippen molar-refractivity contribution in [3.05, 3.63) is 35.9 Å². The number of benzene rings is 1. The predicted molar refractivity (Wildman–Crippen MR) is 99.7 cm³/mol. The van der Waals surface area contributed by atoms with E-state index in [-0.39, 0.29) is 18.4 Å². The highest BCUT2D eigenvalue weighted by atomic mass is 16.5. The molecule has 6 heteroatoms. The molecule has 2 heterocycles. The van der Waals surface area contributed by atoms with Crippen molar-refractivity contribution in [3.63, 3.8) is 0 Å². The van der Waals surface area contributed by atoms with Gasteiger partial charge in [-0.3, -0.25) is 9.59 Å². The third-order valence-electron chi connectivity index (χ3n) is 5.31. The number of piperidine rings is 1. The lowest BCUT2D eigenvalue weighted by molar-refractivity contribution is -0.157. The van der Waals surface area contributed by atoms with E-state index in [4.69, 9.17) is 4.74 Å². The van der Waals surface area contributed by atoms with E-state index in [1.165, 1.54) is 0 Å². The zero-order chi connectivity index (χ0) is 18.4. The SMILES string of the molecule is COCCN1CC(=O)N(C[C@H]2CCCNC2)[C@H](Cc2ccccc2)C1=O. The molecule has 0 aromatic heterocycles. The first-order valence-electron chi connectivity index (χ1n) is 9.51. The maximum absolute atomic E-state index is 13.1. The standard InChI is InChI=1S/C20H29N3O3/c1-26-11-10-22-15-19(24)23(14-17-8-5-9-21-13-17)18(20(22)25)12-16-6-3-2-4-7-16/h2-4,6-7,17-18,21H,5,8-15H2,1H3/t17-,18+/m0/s1. The first kappa shape index (κ1) is 18.9. The smallest absolute Gasteiger partial charge is 0.246 e. The predicted octanol–water partition coefficient (Wildman–Crippen LogP) is 0.915. The summed E-state index contributed by atoms with van der Waals surface area (Å²) < 4.78 is 5.10. The van der Waals surface area contributed by atoms with Crippen LogP contribution < -0.4 is 5.32 Å². The highest BCUT2D eigenvalue weighted by molar-refractivity contribution is 5.95. The van der Waals surface area contributed by atoms with Gasteiger partial charge in [-0.25, -0.2) is 0 Å². The number of piperazine rings is 1. The molecule has 0 saturated carbocycles. The van der Waals surface area contributed by atoms with Crippen LogP contribution in [0.4, 0.5) is 0 Å². The van der Waals surface area contributed by atoms with E-state index in [1.54, 1.807) is 12.0 Å². The molecule has 26 heavy (non-hydrogen) atoms. The third kappa shape index (κ3) is 4.62. The summed E-state index contributed by atoms with van der Waals surface area (Å²) in [7, 11) is 1.61. The van der Waals surface area contributed by atoms with Crippen LogP contribution in [0.1, 0.15) is 18.4 Å².